The molecule has 1 saturated heterocycles. The van der Waals surface area contributed by atoms with E-state index in [1.54, 1.807) is 6.92 Å². The maximum atomic E-state index is 13.3. The van der Waals surface area contributed by atoms with Gasteiger partial charge in [-0.15, -0.1) is 0 Å². The van der Waals surface area contributed by atoms with E-state index in [9.17, 15) is 78.0 Å². The number of nitrogens with two attached hydrogens (primary N) is 1. The number of nitrogens with zero attached hydrogens (tertiary/aromatic N) is 4. The summed E-state index contributed by atoms with van der Waals surface area (Å²) in [5.74, 6) is -1.63. The van der Waals surface area contributed by atoms with E-state index < -0.39 is 108 Å². The number of aliphatic hydroxyl groups excluding tert-OH is 5. The molecule has 2 aromatic heterocycles. The predicted molar refractivity (Wildman–Crippen MR) is 284 cm³/mol. The Hall–Kier alpha value is -2.89. The first kappa shape index (κ1) is 64.7. The van der Waals surface area contributed by atoms with Gasteiger partial charge in [0.15, 0.2) is 22.8 Å². The van der Waals surface area contributed by atoms with Crippen molar-refractivity contribution in [1.82, 2.24) is 30.2 Å². The highest BCUT2D eigenvalue weighted by Crippen LogP contribution is 2.69. The molecule has 0 radical (unpaired) electrons. The molecule has 1 aliphatic heterocycles. The SMILES string of the molecule is CC(C(=O)CC[C@@H](C)C1CC[C@H]2[C@@H]3[C@H](O)C[C@H]4C[C@H](O)CC[C@]4(C)[C@H]3C[C@H](O)[C@]12C)C(=O)SCCNC(=O)CCNC(=O)C(O)C(C)(C)COP(=O)(O)OP(=O)(O)OC[C@H]1O[C@@H](n2cnc3c(N)ncnc32)[C@H](O)[C@@H]1OP(=O)(O)O. The van der Waals surface area contributed by atoms with Crippen LogP contribution in [0.1, 0.15) is 112 Å². The van der Waals surface area contributed by atoms with Crippen molar-refractivity contribution in [2.24, 2.45) is 57.7 Å². The van der Waals surface area contributed by atoms with E-state index in [0.717, 1.165) is 54.7 Å². The summed E-state index contributed by atoms with van der Waals surface area (Å²) in [4.78, 5) is 103. The van der Waals surface area contributed by atoms with Crippen LogP contribution in [0.15, 0.2) is 12.7 Å². The van der Waals surface area contributed by atoms with Gasteiger partial charge in [-0.25, -0.2) is 28.6 Å². The molecule has 5 fully saturated rings. The second-order valence-electron chi connectivity index (χ2n) is 23.5. The van der Waals surface area contributed by atoms with Crippen LogP contribution in [0, 0.1) is 57.7 Å². The third kappa shape index (κ3) is 14.4. The average molecular weight is 1210 g/mol. The number of nitrogens with one attached hydrogen (secondary N) is 2. The summed E-state index contributed by atoms with van der Waals surface area (Å²) in [7, 11) is -16.5. The Morgan fingerprint density at radius 2 is 1.62 bits per heavy atom. The third-order valence-corrected chi connectivity index (χ3v) is 22.1. The highest BCUT2D eigenvalue weighted by atomic mass is 32.2. The van der Waals surface area contributed by atoms with Gasteiger partial charge in [0.25, 0.3) is 0 Å². The Labute approximate surface area is 466 Å². The number of carbonyl (C=O) groups is 4. The molecule has 2 aromatic rings. The molecule has 3 heterocycles. The number of Topliss-reactive ketones (excluding diaryl/α,β-unsaturated/α-hetero) is 1. The number of anilines is 1. The first-order chi connectivity index (χ1) is 37.2. The van der Waals surface area contributed by atoms with Gasteiger partial charge in [-0.3, -0.25) is 37.3 Å². The van der Waals surface area contributed by atoms with Crippen molar-refractivity contribution >= 4 is 74.9 Å². The molecule has 4 saturated carbocycles. The number of thioether (sulfide) groups is 1. The number of amides is 2. The lowest BCUT2D eigenvalue weighted by molar-refractivity contribution is -0.207. The minimum atomic E-state index is -5.62. The normalized spacial score (nSPS) is 34.2. The van der Waals surface area contributed by atoms with Gasteiger partial charge in [-0.05, 0) is 105 Å². The van der Waals surface area contributed by atoms with Crippen molar-refractivity contribution in [3.63, 3.8) is 0 Å². The molecule has 19 atom stereocenters. The number of imidazole rings is 1. The fourth-order valence-electron chi connectivity index (χ4n) is 13.5. The summed E-state index contributed by atoms with van der Waals surface area (Å²) >= 11 is 0.908. The van der Waals surface area contributed by atoms with Gasteiger partial charge >= 0.3 is 23.5 Å². The summed E-state index contributed by atoms with van der Waals surface area (Å²) in [6, 6.07) is 0. The second kappa shape index (κ2) is 25.4. The number of aromatic nitrogens is 4. The highest BCUT2D eigenvalue weighted by Gasteiger charge is 2.66. The highest BCUT2D eigenvalue weighted by molar-refractivity contribution is 8.13. The van der Waals surface area contributed by atoms with Crippen LogP contribution >= 0.6 is 35.2 Å². The molecular weight excluding hydrogens is 1140 g/mol. The molecule has 5 aliphatic rings. The molecule has 452 valence electrons. The van der Waals surface area contributed by atoms with E-state index in [1.807, 2.05) is 0 Å². The van der Waals surface area contributed by atoms with Crippen molar-refractivity contribution in [3.8, 4) is 0 Å². The van der Waals surface area contributed by atoms with Gasteiger partial charge in [-0.2, -0.15) is 4.31 Å². The maximum absolute atomic E-state index is 13.3. The maximum Gasteiger partial charge on any atom is 0.481 e. The van der Waals surface area contributed by atoms with Gasteiger partial charge in [0, 0.05) is 37.1 Å². The quantitative estimate of drug-likeness (QED) is 0.0385. The number of ketones is 1. The number of hydrogen-bond acceptors (Lipinski definition) is 22. The molecule has 28 nitrogen and oxygen atoms in total. The molecular formula is C48H78N7O21P3S. The first-order valence-electron chi connectivity index (χ1n) is 26.8. The predicted octanol–water partition coefficient (Wildman–Crippen LogP) is 2.25. The molecule has 4 aliphatic carbocycles. The molecule has 0 aromatic carbocycles. The van der Waals surface area contributed by atoms with E-state index in [1.165, 1.54) is 13.8 Å². The topological polar surface area (TPSA) is 441 Å². The Balaban J connectivity index is 0.780. The van der Waals surface area contributed by atoms with Gasteiger partial charge in [0.05, 0.1) is 43.8 Å². The van der Waals surface area contributed by atoms with Crippen LogP contribution < -0.4 is 16.4 Å². The monoisotopic (exact) mass is 1210 g/mol. The number of carbonyl (C=O) groups excluding carboxylic acids is 4. The number of aliphatic hydroxyl groups is 5. The van der Waals surface area contributed by atoms with Gasteiger partial charge in [0.2, 0.25) is 11.8 Å². The Kier molecular flexibility index (Phi) is 20.5. The third-order valence-electron chi connectivity index (χ3n) is 17.9. The summed E-state index contributed by atoms with van der Waals surface area (Å²) in [5, 5.41) is 60.3. The van der Waals surface area contributed by atoms with E-state index in [4.69, 9.17) is 19.5 Å². The van der Waals surface area contributed by atoms with Crippen LogP contribution in [0.3, 0.4) is 0 Å². The van der Waals surface area contributed by atoms with Gasteiger partial charge < -0.3 is 66.2 Å². The number of phosphoric ester groups is 3. The Morgan fingerprint density at radius 3 is 2.33 bits per heavy atom. The standard InChI is InChI=1S/C48H78N7O21P3S/c1-24(28-8-9-29-36-30(19-34(59)48(28,29)6)47(5)13-11-27(56)17-26(47)18-32(36)58)7-10-31(57)25(2)45(64)80-16-15-50-35(60)12-14-51-43(63)40(62)46(3,4)21-73-79(70,71)76-78(68,69)72-20-33-39(75-77(65,66)67)38(61)44(74-33)55-23-54-37-41(49)52-22-53-42(37)55/h22-30,32-34,36,38-40,44,56,58-59,61-62H,7-21H2,1-6H3,(H,50,60)(H,51,63)(H,68,69)(H,70,71)(H2,49,52,53)(H2,65,66,67)/t24-,25?,26-,27-,28?,29+,30+,32-,33-,34+,36+,38-,39-,40?,44-,47+,48-/m1/s1. The van der Waals surface area contributed by atoms with Crippen LogP contribution in [0.4, 0.5) is 5.82 Å². The molecule has 2 amide bonds. The molecule has 7 rings (SSSR count). The lowest BCUT2D eigenvalue weighted by Gasteiger charge is -2.63. The summed E-state index contributed by atoms with van der Waals surface area (Å²) in [5.41, 5.74) is 3.77. The van der Waals surface area contributed by atoms with Crippen LogP contribution in [-0.2, 0) is 55.5 Å². The second-order valence-corrected chi connectivity index (χ2v) is 28.8. The zero-order chi connectivity index (χ0) is 59.1. The number of ether oxygens (including phenoxy) is 1. The molecule has 80 heavy (non-hydrogen) atoms. The zero-order valence-electron chi connectivity index (χ0n) is 45.5. The van der Waals surface area contributed by atoms with Crippen LogP contribution in [-0.4, -0.2) is 162 Å². The largest absolute Gasteiger partial charge is 0.481 e. The molecule has 32 heteroatoms. The smallest absolute Gasteiger partial charge is 0.393 e. The minimum absolute atomic E-state index is 0.0179. The average Bonchev–Trinajstić information content (AvgIpc) is 3.66. The van der Waals surface area contributed by atoms with Gasteiger partial charge in [-0.1, -0.05) is 46.4 Å². The van der Waals surface area contributed by atoms with Gasteiger partial charge in [0.1, 0.15) is 42.0 Å². The zero-order valence-corrected chi connectivity index (χ0v) is 49.0. The van der Waals surface area contributed by atoms with Crippen molar-refractivity contribution in [2.45, 2.75) is 155 Å². The van der Waals surface area contributed by atoms with Crippen LogP contribution in [0.25, 0.3) is 11.2 Å². The summed E-state index contributed by atoms with van der Waals surface area (Å²) < 4.78 is 62.7. The van der Waals surface area contributed by atoms with Crippen LogP contribution in [0.5, 0.6) is 0 Å². The number of nitrogen functional groups attached to an aromatic ring is 1. The fraction of sp³-hybridized carbons (Fsp3) is 0.812. The lowest BCUT2D eigenvalue weighted by atomic mass is 9.43. The number of rotatable bonds is 25. The lowest BCUT2D eigenvalue weighted by Crippen LogP contribution is -2.62. The Bertz CT molecular complexity index is 2720. The number of phosphoric acid groups is 3. The van der Waals surface area contributed by atoms with E-state index in [2.05, 4.69) is 55.2 Å². The van der Waals surface area contributed by atoms with E-state index in [-0.39, 0.29) is 107 Å². The van der Waals surface area contributed by atoms with E-state index >= 15 is 0 Å². The molecule has 0 bridgehead atoms. The van der Waals surface area contributed by atoms with Crippen molar-refractivity contribution in [2.75, 3.05) is 37.8 Å². The fourth-order valence-corrected chi connectivity index (χ4v) is 17.1. The summed E-state index contributed by atoms with van der Waals surface area (Å²) in [6.45, 7) is 8.34. The molecule has 5 unspecified atom stereocenters. The Morgan fingerprint density at radius 1 is 0.925 bits per heavy atom. The molecule has 13 N–H and O–H groups in total. The van der Waals surface area contributed by atoms with Crippen molar-refractivity contribution < 1.29 is 101 Å². The minimum Gasteiger partial charge on any atom is -0.393 e. The number of fused-ring (bicyclic) bond motifs is 6. The number of hydrogen-bond donors (Lipinski definition) is 12. The molecule has 0 spiro atoms. The first-order valence-corrected chi connectivity index (χ1v) is 32.3. The van der Waals surface area contributed by atoms with Crippen molar-refractivity contribution in [3.05, 3.63) is 12.7 Å². The van der Waals surface area contributed by atoms with Crippen LogP contribution in [0.2, 0.25) is 0 Å². The summed E-state index contributed by atoms with van der Waals surface area (Å²) in [6.07, 6.45) is -2.38. The van der Waals surface area contributed by atoms with E-state index in [0.29, 0.717) is 25.7 Å². The van der Waals surface area contributed by atoms with Crippen molar-refractivity contribution in [1.29, 1.82) is 0 Å².